The van der Waals surface area contributed by atoms with Gasteiger partial charge in [0.25, 0.3) is 5.69 Å². The van der Waals surface area contributed by atoms with Crippen LogP contribution in [-0.4, -0.2) is 41.8 Å². The maximum atomic E-state index is 11.1. The van der Waals surface area contributed by atoms with Crippen molar-refractivity contribution in [3.8, 4) is 0 Å². The van der Waals surface area contributed by atoms with E-state index in [0.29, 0.717) is 23.6 Å². The first-order valence-corrected chi connectivity index (χ1v) is 6.71. The van der Waals surface area contributed by atoms with Crippen LogP contribution in [0.15, 0.2) is 18.2 Å². The SMILES string of the molecule is CC1CC(Nc2ccc(C=O)cc2[N+](=O)[O-])CCN1C. The van der Waals surface area contributed by atoms with Crippen molar-refractivity contribution >= 4 is 17.7 Å². The highest BCUT2D eigenvalue weighted by atomic mass is 16.6. The van der Waals surface area contributed by atoms with Gasteiger partial charge in [0.15, 0.2) is 0 Å². The summed E-state index contributed by atoms with van der Waals surface area (Å²) in [6.45, 7) is 3.12. The molecule has 0 aromatic heterocycles. The number of carbonyl (C=O) groups is 1. The number of nitrogens with one attached hydrogen (secondary N) is 1. The molecule has 2 unspecified atom stereocenters. The lowest BCUT2D eigenvalue weighted by Gasteiger charge is -2.35. The third kappa shape index (κ3) is 3.14. The van der Waals surface area contributed by atoms with Crippen molar-refractivity contribution in [1.82, 2.24) is 4.90 Å². The van der Waals surface area contributed by atoms with E-state index < -0.39 is 4.92 Å². The summed E-state index contributed by atoms with van der Waals surface area (Å²) in [5.74, 6) is 0. The summed E-state index contributed by atoms with van der Waals surface area (Å²) in [6.07, 6.45) is 2.52. The number of hydrogen-bond acceptors (Lipinski definition) is 5. The molecule has 1 saturated heterocycles. The van der Waals surface area contributed by atoms with E-state index in [1.165, 1.54) is 6.07 Å². The Balaban J connectivity index is 2.16. The molecule has 6 heteroatoms. The quantitative estimate of drug-likeness (QED) is 0.519. The molecule has 0 spiro atoms. The molecule has 2 atom stereocenters. The maximum Gasteiger partial charge on any atom is 0.293 e. The number of nitro groups is 1. The molecule has 1 aliphatic rings. The summed E-state index contributed by atoms with van der Waals surface area (Å²) in [5, 5.41) is 14.3. The highest BCUT2D eigenvalue weighted by Gasteiger charge is 2.24. The van der Waals surface area contributed by atoms with Crippen LogP contribution < -0.4 is 5.32 Å². The summed E-state index contributed by atoms with van der Waals surface area (Å²) < 4.78 is 0. The highest BCUT2D eigenvalue weighted by molar-refractivity contribution is 5.79. The molecule has 108 valence electrons. The predicted octanol–water partition coefficient (Wildman–Crippen LogP) is 2.30. The molecular formula is C14H19N3O3. The molecule has 1 aliphatic heterocycles. The van der Waals surface area contributed by atoms with Gasteiger partial charge in [0.1, 0.15) is 12.0 Å². The normalized spacial score (nSPS) is 23.3. The highest BCUT2D eigenvalue weighted by Crippen LogP contribution is 2.28. The lowest BCUT2D eigenvalue weighted by molar-refractivity contribution is -0.384. The van der Waals surface area contributed by atoms with Gasteiger partial charge in [0, 0.05) is 30.3 Å². The van der Waals surface area contributed by atoms with E-state index in [1.54, 1.807) is 12.1 Å². The first-order chi connectivity index (χ1) is 9.51. The number of carbonyl (C=O) groups excluding carboxylic acids is 1. The van der Waals surface area contributed by atoms with Crippen LogP contribution in [-0.2, 0) is 0 Å². The fourth-order valence-corrected chi connectivity index (χ4v) is 2.54. The Hall–Kier alpha value is -1.95. The Morgan fingerprint density at radius 3 is 2.85 bits per heavy atom. The second-order valence-corrected chi connectivity index (χ2v) is 5.35. The van der Waals surface area contributed by atoms with E-state index in [0.717, 1.165) is 19.4 Å². The lowest BCUT2D eigenvalue weighted by atomic mass is 9.98. The number of nitrogens with zero attached hydrogens (tertiary/aromatic N) is 2. The van der Waals surface area contributed by atoms with Crippen LogP contribution >= 0.6 is 0 Å². The van der Waals surface area contributed by atoms with Crippen molar-refractivity contribution in [2.75, 3.05) is 18.9 Å². The van der Waals surface area contributed by atoms with Crippen molar-refractivity contribution in [3.05, 3.63) is 33.9 Å². The summed E-state index contributed by atoms with van der Waals surface area (Å²) in [5.41, 5.74) is 0.766. The molecule has 1 fully saturated rings. The topological polar surface area (TPSA) is 75.5 Å². The van der Waals surface area contributed by atoms with Gasteiger partial charge in [-0.15, -0.1) is 0 Å². The van der Waals surface area contributed by atoms with Gasteiger partial charge in [-0.2, -0.15) is 0 Å². The molecule has 6 nitrogen and oxygen atoms in total. The van der Waals surface area contributed by atoms with Gasteiger partial charge in [-0.3, -0.25) is 14.9 Å². The van der Waals surface area contributed by atoms with E-state index in [2.05, 4.69) is 24.2 Å². The van der Waals surface area contributed by atoms with Gasteiger partial charge in [-0.25, -0.2) is 0 Å². The summed E-state index contributed by atoms with van der Waals surface area (Å²) in [7, 11) is 2.09. The van der Waals surface area contributed by atoms with Crippen molar-refractivity contribution < 1.29 is 9.72 Å². The number of rotatable bonds is 4. The minimum atomic E-state index is -0.451. The molecular weight excluding hydrogens is 258 g/mol. The molecule has 1 N–H and O–H groups in total. The number of hydrogen-bond donors (Lipinski definition) is 1. The second kappa shape index (κ2) is 6.00. The summed E-state index contributed by atoms with van der Waals surface area (Å²) in [6, 6.07) is 5.20. The van der Waals surface area contributed by atoms with Crippen LogP contribution in [0.25, 0.3) is 0 Å². The van der Waals surface area contributed by atoms with E-state index in [-0.39, 0.29) is 11.7 Å². The second-order valence-electron chi connectivity index (χ2n) is 5.35. The molecule has 1 aromatic rings. The predicted molar refractivity (Wildman–Crippen MR) is 77.2 cm³/mol. The third-order valence-corrected chi connectivity index (χ3v) is 3.92. The Labute approximate surface area is 117 Å². The molecule has 0 aliphatic carbocycles. The van der Waals surface area contributed by atoms with Gasteiger partial charge in [-0.05, 0) is 38.9 Å². The zero-order chi connectivity index (χ0) is 14.7. The van der Waals surface area contributed by atoms with Gasteiger partial charge >= 0.3 is 0 Å². The van der Waals surface area contributed by atoms with E-state index in [9.17, 15) is 14.9 Å². The number of likely N-dealkylation sites (tertiary alicyclic amines) is 1. The molecule has 2 rings (SSSR count). The van der Waals surface area contributed by atoms with Crippen LogP contribution in [0.1, 0.15) is 30.1 Å². The molecule has 0 amide bonds. The number of anilines is 1. The number of piperidine rings is 1. The molecule has 20 heavy (non-hydrogen) atoms. The zero-order valence-corrected chi connectivity index (χ0v) is 11.7. The molecule has 1 heterocycles. The molecule has 0 radical (unpaired) electrons. The van der Waals surface area contributed by atoms with Crippen LogP contribution in [0, 0.1) is 10.1 Å². The molecule has 0 bridgehead atoms. The van der Waals surface area contributed by atoms with Crippen molar-refractivity contribution in [1.29, 1.82) is 0 Å². The maximum absolute atomic E-state index is 11.1. The van der Waals surface area contributed by atoms with Gasteiger partial charge in [0.05, 0.1) is 4.92 Å². The first-order valence-electron chi connectivity index (χ1n) is 6.71. The number of nitro benzene ring substituents is 1. The van der Waals surface area contributed by atoms with Crippen LogP contribution in [0.5, 0.6) is 0 Å². The Morgan fingerprint density at radius 1 is 1.50 bits per heavy atom. The average Bonchev–Trinajstić information content (AvgIpc) is 2.43. The van der Waals surface area contributed by atoms with E-state index in [1.807, 2.05) is 0 Å². The average molecular weight is 277 g/mol. The Morgan fingerprint density at radius 2 is 2.25 bits per heavy atom. The minimum absolute atomic E-state index is 0.0406. The Bertz CT molecular complexity index is 518. The van der Waals surface area contributed by atoms with Gasteiger partial charge in [0.2, 0.25) is 0 Å². The Kier molecular flexibility index (Phi) is 4.34. The standard InChI is InChI=1S/C14H19N3O3/c1-10-7-12(5-6-16(10)2)15-13-4-3-11(9-18)8-14(13)17(19)20/h3-4,8-10,12,15H,5-7H2,1-2H3. The monoisotopic (exact) mass is 277 g/mol. The summed E-state index contributed by atoms with van der Waals surface area (Å²) >= 11 is 0. The number of benzene rings is 1. The van der Waals surface area contributed by atoms with Crippen molar-refractivity contribution in [3.63, 3.8) is 0 Å². The lowest BCUT2D eigenvalue weighted by Crippen LogP contribution is -2.42. The third-order valence-electron chi connectivity index (χ3n) is 3.92. The first kappa shape index (κ1) is 14.5. The molecule has 1 aromatic carbocycles. The minimum Gasteiger partial charge on any atom is -0.377 e. The number of aldehydes is 1. The molecule has 0 saturated carbocycles. The van der Waals surface area contributed by atoms with Crippen molar-refractivity contribution in [2.45, 2.75) is 31.8 Å². The van der Waals surface area contributed by atoms with Gasteiger partial charge in [-0.1, -0.05) is 0 Å². The van der Waals surface area contributed by atoms with Crippen LogP contribution in [0.4, 0.5) is 11.4 Å². The van der Waals surface area contributed by atoms with E-state index in [4.69, 9.17) is 0 Å². The van der Waals surface area contributed by atoms with Crippen molar-refractivity contribution in [2.24, 2.45) is 0 Å². The van der Waals surface area contributed by atoms with Crippen LogP contribution in [0.2, 0.25) is 0 Å². The fourth-order valence-electron chi connectivity index (χ4n) is 2.54. The largest absolute Gasteiger partial charge is 0.377 e. The summed E-state index contributed by atoms with van der Waals surface area (Å²) in [4.78, 5) is 23.6. The zero-order valence-electron chi connectivity index (χ0n) is 11.7. The fraction of sp³-hybridized carbons (Fsp3) is 0.500. The smallest absolute Gasteiger partial charge is 0.293 e. The van der Waals surface area contributed by atoms with Gasteiger partial charge < -0.3 is 10.2 Å². The van der Waals surface area contributed by atoms with E-state index >= 15 is 0 Å². The van der Waals surface area contributed by atoms with Crippen LogP contribution in [0.3, 0.4) is 0 Å².